The van der Waals surface area contributed by atoms with E-state index in [1.807, 2.05) is 12.4 Å². The zero-order valence-corrected chi connectivity index (χ0v) is 8.48. The van der Waals surface area contributed by atoms with Crippen LogP contribution in [0.1, 0.15) is 11.6 Å². The maximum absolute atomic E-state index is 4.19. The van der Waals surface area contributed by atoms with Crippen LogP contribution >= 0.6 is 0 Å². The number of rotatable bonds is 2. The smallest absolute Gasteiger partial charge is 0.0542 e. The van der Waals surface area contributed by atoms with Gasteiger partial charge in [-0.05, 0) is 7.05 Å². The molecule has 1 aliphatic rings. The minimum absolute atomic E-state index is 0.442. The number of nitrogens with one attached hydrogen (secondary N) is 1. The molecule has 1 aromatic heterocycles. The topological polar surface area (TPSA) is 33.1 Å². The van der Waals surface area contributed by atoms with Crippen molar-refractivity contribution in [3.8, 4) is 0 Å². The molecule has 0 amide bonds. The van der Waals surface area contributed by atoms with Crippen molar-refractivity contribution in [1.29, 1.82) is 0 Å². The predicted octanol–water partition coefficient (Wildman–Crippen LogP) is 0.560. The summed E-state index contributed by atoms with van der Waals surface area (Å²) in [6.07, 6.45) is 5.65. The molecule has 1 fully saturated rings. The van der Waals surface area contributed by atoms with Crippen LogP contribution in [-0.4, -0.2) is 41.4 Å². The Morgan fingerprint density at radius 2 is 2.57 bits per heavy atom. The molecule has 14 heavy (non-hydrogen) atoms. The van der Waals surface area contributed by atoms with Gasteiger partial charge in [-0.2, -0.15) is 5.10 Å². The van der Waals surface area contributed by atoms with Crippen molar-refractivity contribution >= 4 is 6.20 Å². The SMILES string of the molecule is C=Cn1cc(C2CNCCN2C)cn1. The highest BCUT2D eigenvalue weighted by molar-refractivity contribution is 5.20. The molecule has 4 nitrogen and oxygen atoms in total. The second-order valence-corrected chi connectivity index (χ2v) is 3.64. The van der Waals surface area contributed by atoms with Crippen molar-refractivity contribution in [2.75, 3.05) is 26.7 Å². The summed E-state index contributed by atoms with van der Waals surface area (Å²) in [5, 5.41) is 7.57. The van der Waals surface area contributed by atoms with Crippen LogP contribution in [0.15, 0.2) is 19.0 Å². The molecule has 1 aliphatic heterocycles. The summed E-state index contributed by atoms with van der Waals surface area (Å²) in [5.41, 5.74) is 1.25. The lowest BCUT2D eigenvalue weighted by Crippen LogP contribution is -2.43. The fourth-order valence-electron chi connectivity index (χ4n) is 1.80. The largest absolute Gasteiger partial charge is 0.314 e. The quantitative estimate of drug-likeness (QED) is 0.743. The minimum Gasteiger partial charge on any atom is -0.314 e. The first kappa shape index (κ1) is 9.43. The highest BCUT2D eigenvalue weighted by Crippen LogP contribution is 2.19. The summed E-state index contributed by atoms with van der Waals surface area (Å²) < 4.78 is 1.75. The van der Waals surface area contributed by atoms with E-state index in [9.17, 15) is 0 Å². The molecule has 0 aliphatic carbocycles. The summed E-state index contributed by atoms with van der Waals surface area (Å²) in [6.45, 7) is 6.84. The summed E-state index contributed by atoms with van der Waals surface area (Å²) in [7, 11) is 2.15. The van der Waals surface area contributed by atoms with E-state index in [1.54, 1.807) is 10.9 Å². The molecule has 0 spiro atoms. The van der Waals surface area contributed by atoms with Gasteiger partial charge < -0.3 is 5.32 Å². The van der Waals surface area contributed by atoms with Gasteiger partial charge in [-0.25, -0.2) is 4.68 Å². The van der Waals surface area contributed by atoms with Crippen LogP contribution in [-0.2, 0) is 0 Å². The number of aromatic nitrogens is 2. The first-order valence-corrected chi connectivity index (χ1v) is 4.89. The highest BCUT2D eigenvalue weighted by Gasteiger charge is 2.21. The molecule has 1 aromatic rings. The molecule has 4 heteroatoms. The van der Waals surface area contributed by atoms with Crippen molar-refractivity contribution in [3.63, 3.8) is 0 Å². The van der Waals surface area contributed by atoms with Crippen LogP contribution in [0.25, 0.3) is 6.20 Å². The van der Waals surface area contributed by atoms with Crippen molar-refractivity contribution in [3.05, 3.63) is 24.5 Å². The average molecular weight is 192 g/mol. The summed E-state index contributed by atoms with van der Waals surface area (Å²) >= 11 is 0. The van der Waals surface area contributed by atoms with E-state index in [4.69, 9.17) is 0 Å². The average Bonchev–Trinajstić information content (AvgIpc) is 2.67. The molecule has 0 bridgehead atoms. The van der Waals surface area contributed by atoms with Crippen molar-refractivity contribution in [1.82, 2.24) is 20.0 Å². The van der Waals surface area contributed by atoms with Gasteiger partial charge in [0.1, 0.15) is 0 Å². The minimum atomic E-state index is 0.442. The maximum atomic E-state index is 4.19. The van der Waals surface area contributed by atoms with Crippen LogP contribution in [0, 0.1) is 0 Å². The Kier molecular flexibility index (Phi) is 2.65. The van der Waals surface area contributed by atoms with Gasteiger partial charge in [0.05, 0.1) is 12.2 Å². The Morgan fingerprint density at radius 1 is 1.71 bits per heavy atom. The van der Waals surface area contributed by atoms with Gasteiger partial charge in [0, 0.05) is 37.6 Å². The lowest BCUT2D eigenvalue weighted by Gasteiger charge is -2.32. The third-order valence-electron chi connectivity index (χ3n) is 2.70. The molecular weight excluding hydrogens is 176 g/mol. The zero-order chi connectivity index (χ0) is 9.97. The predicted molar refractivity (Wildman–Crippen MR) is 56.9 cm³/mol. The number of piperazine rings is 1. The molecule has 1 atom stereocenters. The van der Waals surface area contributed by atoms with Crippen molar-refractivity contribution in [2.45, 2.75) is 6.04 Å². The van der Waals surface area contributed by atoms with Gasteiger partial charge in [0.25, 0.3) is 0 Å². The van der Waals surface area contributed by atoms with Crippen LogP contribution < -0.4 is 5.32 Å². The third kappa shape index (κ3) is 1.71. The van der Waals surface area contributed by atoms with Gasteiger partial charge >= 0.3 is 0 Å². The normalized spacial score (nSPS) is 23.6. The molecule has 0 radical (unpaired) electrons. The first-order chi connectivity index (χ1) is 6.81. The van der Waals surface area contributed by atoms with Gasteiger partial charge in [-0.3, -0.25) is 4.90 Å². The van der Waals surface area contributed by atoms with E-state index in [-0.39, 0.29) is 0 Å². The van der Waals surface area contributed by atoms with Crippen LogP contribution in [0.3, 0.4) is 0 Å². The second-order valence-electron chi connectivity index (χ2n) is 3.64. The van der Waals surface area contributed by atoms with Crippen LogP contribution in [0.4, 0.5) is 0 Å². The Labute approximate surface area is 84.2 Å². The summed E-state index contributed by atoms with van der Waals surface area (Å²) in [4.78, 5) is 2.35. The highest BCUT2D eigenvalue weighted by atomic mass is 15.3. The maximum Gasteiger partial charge on any atom is 0.0542 e. The molecule has 1 N–H and O–H groups in total. The molecule has 0 saturated carbocycles. The van der Waals surface area contributed by atoms with Crippen LogP contribution in [0.2, 0.25) is 0 Å². The molecule has 1 saturated heterocycles. The molecule has 76 valence electrons. The summed E-state index contributed by atoms with van der Waals surface area (Å²) in [5.74, 6) is 0. The van der Waals surface area contributed by atoms with E-state index < -0.39 is 0 Å². The molecule has 1 unspecified atom stereocenters. The standard InChI is InChI=1S/C10H16N4/c1-3-14-8-9(6-12-14)10-7-11-4-5-13(10)2/h3,6,8,10-11H,1,4-5,7H2,2H3. The zero-order valence-electron chi connectivity index (χ0n) is 8.48. The van der Waals surface area contributed by atoms with Crippen LogP contribution in [0.5, 0.6) is 0 Å². The van der Waals surface area contributed by atoms with E-state index in [0.29, 0.717) is 6.04 Å². The number of likely N-dealkylation sites (N-methyl/N-ethyl adjacent to an activating group) is 1. The van der Waals surface area contributed by atoms with Gasteiger partial charge in [0.15, 0.2) is 0 Å². The lowest BCUT2D eigenvalue weighted by molar-refractivity contribution is 0.202. The van der Waals surface area contributed by atoms with E-state index in [1.165, 1.54) is 5.56 Å². The number of nitrogens with zero attached hydrogens (tertiary/aromatic N) is 3. The van der Waals surface area contributed by atoms with Gasteiger partial charge in [-0.15, -0.1) is 0 Å². The van der Waals surface area contributed by atoms with Crippen molar-refractivity contribution < 1.29 is 0 Å². The first-order valence-electron chi connectivity index (χ1n) is 4.89. The Hall–Kier alpha value is -1.13. The fraction of sp³-hybridized carbons (Fsp3) is 0.500. The van der Waals surface area contributed by atoms with E-state index in [0.717, 1.165) is 19.6 Å². The van der Waals surface area contributed by atoms with Gasteiger partial charge in [0.2, 0.25) is 0 Å². The monoisotopic (exact) mass is 192 g/mol. The Balaban J connectivity index is 2.16. The van der Waals surface area contributed by atoms with Crippen molar-refractivity contribution in [2.24, 2.45) is 0 Å². The fourth-order valence-corrected chi connectivity index (χ4v) is 1.80. The number of hydrogen-bond donors (Lipinski definition) is 1. The Bertz CT molecular complexity index is 318. The molecule has 2 heterocycles. The molecule has 2 rings (SSSR count). The Morgan fingerprint density at radius 3 is 3.21 bits per heavy atom. The molecule has 0 aromatic carbocycles. The third-order valence-corrected chi connectivity index (χ3v) is 2.70. The van der Waals surface area contributed by atoms with E-state index in [2.05, 4.69) is 28.9 Å². The summed E-state index contributed by atoms with van der Waals surface area (Å²) in [6, 6.07) is 0.442. The number of hydrogen-bond acceptors (Lipinski definition) is 3. The lowest BCUT2D eigenvalue weighted by atomic mass is 10.1. The second kappa shape index (κ2) is 3.94. The van der Waals surface area contributed by atoms with E-state index >= 15 is 0 Å². The molecular formula is C10H16N4. The van der Waals surface area contributed by atoms with Gasteiger partial charge in [-0.1, -0.05) is 6.58 Å².